The molecule has 1 aromatic carbocycles. The molecule has 0 spiro atoms. The van der Waals surface area contributed by atoms with Gasteiger partial charge in [-0.25, -0.2) is 13.8 Å². The fourth-order valence-electron chi connectivity index (χ4n) is 1.45. The van der Waals surface area contributed by atoms with Gasteiger partial charge in [0.1, 0.15) is 5.15 Å². The molecule has 20 heavy (non-hydrogen) atoms. The Morgan fingerprint density at radius 2 is 1.95 bits per heavy atom. The molecule has 2 rings (SSSR count). The van der Waals surface area contributed by atoms with E-state index in [1.807, 2.05) is 0 Å². The first-order valence-corrected chi connectivity index (χ1v) is 6.42. The largest absolute Gasteiger partial charge is 0.398 e. The standard InChI is InChI=1S/C12H7BrClF2N3O/c13-7-1-5(4-18-11(7)14)19-12(20)6-2-8(15)9(16)3-10(6)17/h1-4H,17H2,(H,19,20). The molecule has 0 bridgehead atoms. The number of benzene rings is 1. The number of nitrogen functional groups attached to an aromatic ring is 1. The van der Waals surface area contributed by atoms with E-state index in [-0.39, 0.29) is 16.4 Å². The molecule has 0 aliphatic heterocycles. The van der Waals surface area contributed by atoms with Crippen LogP contribution in [-0.4, -0.2) is 10.9 Å². The molecule has 0 saturated carbocycles. The molecule has 3 N–H and O–H groups in total. The number of halogens is 4. The Kier molecular flexibility index (Phi) is 4.20. The smallest absolute Gasteiger partial charge is 0.257 e. The van der Waals surface area contributed by atoms with Crippen LogP contribution in [0.3, 0.4) is 0 Å². The van der Waals surface area contributed by atoms with Crippen molar-refractivity contribution in [2.24, 2.45) is 0 Å². The second-order valence-corrected chi connectivity index (χ2v) is 5.02. The number of rotatable bonds is 2. The minimum absolute atomic E-state index is 0.164. The van der Waals surface area contributed by atoms with E-state index in [2.05, 4.69) is 26.2 Å². The van der Waals surface area contributed by atoms with Crippen molar-refractivity contribution in [2.45, 2.75) is 0 Å². The van der Waals surface area contributed by atoms with E-state index in [1.165, 1.54) is 12.3 Å². The maximum atomic E-state index is 13.1. The molecule has 8 heteroatoms. The third-order valence-electron chi connectivity index (χ3n) is 2.39. The van der Waals surface area contributed by atoms with Gasteiger partial charge in [-0.2, -0.15) is 0 Å². The van der Waals surface area contributed by atoms with Gasteiger partial charge < -0.3 is 11.1 Å². The predicted molar refractivity (Wildman–Crippen MR) is 75.7 cm³/mol. The summed E-state index contributed by atoms with van der Waals surface area (Å²) in [5.74, 6) is -2.95. The first-order chi connectivity index (χ1) is 9.38. The lowest BCUT2D eigenvalue weighted by Gasteiger charge is -2.08. The minimum atomic E-state index is -1.15. The average Bonchev–Trinajstić information content (AvgIpc) is 2.38. The second kappa shape index (κ2) is 5.72. The fraction of sp³-hybridized carbons (Fsp3) is 0. The van der Waals surface area contributed by atoms with Gasteiger partial charge in [0.2, 0.25) is 0 Å². The van der Waals surface area contributed by atoms with Crippen LogP contribution in [0.15, 0.2) is 28.9 Å². The summed E-state index contributed by atoms with van der Waals surface area (Å²) in [4.78, 5) is 15.8. The van der Waals surface area contributed by atoms with E-state index in [4.69, 9.17) is 17.3 Å². The topological polar surface area (TPSA) is 68.0 Å². The Bertz CT molecular complexity index is 697. The van der Waals surface area contributed by atoms with Gasteiger partial charge in [0.15, 0.2) is 11.6 Å². The molecule has 0 unspecified atom stereocenters. The Hall–Kier alpha value is -1.73. The first kappa shape index (κ1) is 14.7. The first-order valence-electron chi connectivity index (χ1n) is 5.25. The summed E-state index contributed by atoms with van der Waals surface area (Å²) in [5.41, 5.74) is 5.48. The highest BCUT2D eigenvalue weighted by Gasteiger charge is 2.15. The monoisotopic (exact) mass is 361 g/mol. The van der Waals surface area contributed by atoms with Crippen LogP contribution in [-0.2, 0) is 0 Å². The van der Waals surface area contributed by atoms with Gasteiger partial charge in [0.05, 0.1) is 21.9 Å². The van der Waals surface area contributed by atoms with Crippen molar-refractivity contribution in [3.8, 4) is 0 Å². The Morgan fingerprint density at radius 3 is 2.60 bits per heavy atom. The van der Waals surface area contributed by atoms with Gasteiger partial charge in [-0.3, -0.25) is 4.79 Å². The van der Waals surface area contributed by atoms with Gasteiger partial charge in [-0.1, -0.05) is 11.6 Å². The molecule has 4 nitrogen and oxygen atoms in total. The quantitative estimate of drug-likeness (QED) is 0.633. The lowest BCUT2D eigenvalue weighted by molar-refractivity contribution is 0.102. The van der Waals surface area contributed by atoms with Gasteiger partial charge in [-0.15, -0.1) is 0 Å². The van der Waals surface area contributed by atoms with Crippen molar-refractivity contribution >= 4 is 44.8 Å². The lowest BCUT2D eigenvalue weighted by atomic mass is 10.1. The van der Waals surface area contributed by atoms with Crippen molar-refractivity contribution < 1.29 is 13.6 Å². The molecule has 0 fully saturated rings. The molecule has 0 atom stereocenters. The highest BCUT2D eigenvalue weighted by Crippen LogP contribution is 2.24. The summed E-state index contributed by atoms with van der Waals surface area (Å²) in [7, 11) is 0. The number of carbonyl (C=O) groups is 1. The number of amides is 1. The number of hydrogen-bond acceptors (Lipinski definition) is 3. The molecular formula is C12H7BrClF2N3O. The minimum Gasteiger partial charge on any atom is -0.398 e. The van der Waals surface area contributed by atoms with Crippen LogP contribution in [0.4, 0.5) is 20.2 Å². The zero-order chi connectivity index (χ0) is 14.9. The maximum absolute atomic E-state index is 13.1. The molecule has 1 heterocycles. The van der Waals surface area contributed by atoms with Crippen molar-refractivity contribution in [1.82, 2.24) is 4.98 Å². The van der Waals surface area contributed by atoms with Crippen molar-refractivity contribution in [3.05, 3.63) is 51.2 Å². The molecular weight excluding hydrogens is 356 g/mol. The molecule has 0 radical (unpaired) electrons. The van der Waals surface area contributed by atoms with Crippen LogP contribution in [0.5, 0.6) is 0 Å². The maximum Gasteiger partial charge on any atom is 0.257 e. The van der Waals surface area contributed by atoms with E-state index in [0.29, 0.717) is 10.2 Å². The average molecular weight is 363 g/mol. The number of aromatic nitrogens is 1. The third-order valence-corrected chi connectivity index (χ3v) is 3.53. The molecule has 1 aromatic heterocycles. The summed E-state index contributed by atoms with van der Waals surface area (Å²) in [6.07, 6.45) is 1.32. The van der Waals surface area contributed by atoms with Gasteiger partial charge >= 0.3 is 0 Å². The Morgan fingerprint density at radius 1 is 1.30 bits per heavy atom. The van der Waals surface area contributed by atoms with E-state index in [0.717, 1.165) is 12.1 Å². The normalized spacial score (nSPS) is 10.4. The van der Waals surface area contributed by atoms with Gasteiger partial charge in [0.25, 0.3) is 5.91 Å². The second-order valence-electron chi connectivity index (χ2n) is 3.80. The SMILES string of the molecule is Nc1cc(F)c(F)cc1C(=O)Nc1cnc(Cl)c(Br)c1. The molecule has 0 aliphatic carbocycles. The zero-order valence-electron chi connectivity index (χ0n) is 9.75. The van der Waals surface area contributed by atoms with E-state index in [1.54, 1.807) is 0 Å². The van der Waals surface area contributed by atoms with Gasteiger partial charge in [-0.05, 0) is 28.1 Å². The number of hydrogen-bond donors (Lipinski definition) is 2. The summed E-state index contributed by atoms with van der Waals surface area (Å²) >= 11 is 8.86. The fourth-order valence-corrected chi connectivity index (χ4v) is 1.90. The number of nitrogens with zero attached hydrogens (tertiary/aromatic N) is 1. The van der Waals surface area contributed by atoms with Crippen LogP contribution in [0.1, 0.15) is 10.4 Å². The number of carbonyl (C=O) groups excluding carboxylic acids is 1. The molecule has 0 aliphatic rings. The van der Waals surface area contributed by atoms with Crippen LogP contribution in [0.25, 0.3) is 0 Å². The number of nitrogens with two attached hydrogens (primary N) is 1. The highest BCUT2D eigenvalue weighted by atomic mass is 79.9. The Labute approximate surface area is 126 Å². The number of nitrogens with one attached hydrogen (secondary N) is 1. The van der Waals surface area contributed by atoms with Crippen molar-refractivity contribution in [3.63, 3.8) is 0 Å². The third kappa shape index (κ3) is 3.05. The lowest BCUT2D eigenvalue weighted by Crippen LogP contribution is -2.15. The Balaban J connectivity index is 2.28. The molecule has 2 aromatic rings. The van der Waals surface area contributed by atoms with Crippen LogP contribution < -0.4 is 11.1 Å². The van der Waals surface area contributed by atoms with Crippen molar-refractivity contribution in [2.75, 3.05) is 11.1 Å². The van der Waals surface area contributed by atoms with E-state index < -0.39 is 17.5 Å². The highest BCUT2D eigenvalue weighted by molar-refractivity contribution is 9.10. The molecule has 1 amide bonds. The summed E-state index contributed by atoms with van der Waals surface area (Å²) in [5, 5.41) is 2.69. The van der Waals surface area contributed by atoms with E-state index >= 15 is 0 Å². The summed E-state index contributed by atoms with van der Waals surface area (Å²) < 4.78 is 26.5. The van der Waals surface area contributed by atoms with Crippen LogP contribution in [0.2, 0.25) is 5.15 Å². The zero-order valence-corrected chi connectivity index (χ0v) is 12.1. The predicted octanol–water partition coefficient (Wildman–Crippen LogP) is 3.61. The van der Waals surface area contributed by atoms with Crippen LogP contribution >= 0.6 is 27.5 Å². The number of pyridine rings is 1. The number of anilines is 2. The summed E-state index contributed by atoms with van der Waals surface area (Å²) in [6.45, 7) is 0. The summed E-state index contributed by atoms with van der Waals surface area (Å²) in [6, 6.07) is 3.00. The van der Waals surface area contributed by atoms with Crippen molar-refractivity contribution in [1.29, 1.82) is 0 Å². The molecule has 104 valence electrons. The van der Waals surface area contributed by atoms with E-state index in [9.17, 15) is 13.6 Å². The molecule has 0 saturated heterocycles. The van der Waals surface area contributed by atoms with Crippen LogP contribution in [0, 0.1) is 11.6 Å². The van der Waals surface area contributed by atoms with Gasteiger partial charge in [0, 0.05) is 11.8 Å².